The monoisotopic (exact) mass is 543 g/mol. The number of nitrogens with one attached hydrogen (secondary N) is 1. The number of ether oxygens (including phenoxy) is 3. The van der Waals surface area contributed by atoms with Crippen LogP contribution in [0, 0.1) is 3.83 Å². The van der Waals surface area contributed by atoms with Crippen LogP contribution in [-0.4, -0.2) is 56.3 Å². The second kappa shape index (κ2) is 9.63. The molecule has 0 amide bonds. The molecule has 11 heteroatoms. The van der Waals surface area contributed by atoms with Gasteiger partial charge in [-0.1, -0.05) is 19.3 Å². The van der Waals surface area contributed by atoms with E-state index in [1.807, 2.05) is 0 Å². The number of rotatable bonds is 6. The molecule has 1 N–H and O–H groups in total. The van der Waals surface area contributed by atoms with Crippen molar-refractivity contribution < 1.29 is 23.8 Å². The Morgan fingerprint density at radius 3 is 2.71 bits per heavy atom. The fourth-order valence-corrected chi connectivity index (χ4v) is 4.68. The van der Waals surface area contributed by atoms with Crippen molar-refractivity contribution in [1.82, 2.24) is 19.5 Å². The van der Waals surface area contributed by atoms with E-state index in [-0.39, 0.29) is 12.6 Å². The van der Waals surface area contributed by atoms with Crippen LogP contribution in [0.25, 0.3) is 11.2 Å². The Kier molecular flexibility index (Phi) is 6.89. The Bertz CT molecular complexity index is 961. The third kappa shape index (κ3) is 5.25. The van der Waals surface area contributed by atoms with Crippen LogP contribution in [0.4, 0.5) is 5.82 Å². The first-order valence-electron chi connectivity index (χ1n) is 10.5. The lowest BCUT2D eigenvalue weighted by Crippen LogP contribution is -2.25. The highest BCUT2D eigenvalue weighted by atomic mass is 127. The number of hydrogen-bond acceptors (Lipinski definition) is 9. The molecule has 168 valence electrons. The maximum atomic E-state index is 11.7. The molecule has 2 fully saturated rings. The van der Waals surface area contributed by atoms with E-state index < -0.39 is 24.4 Å². The molecule has 3 heterocycles. The van der Waals surface area contributed by atoms with Gasteiger partial charge in [-0.3, -0.25) is 14.2 Å². The molecule has 1 aliphatic carbocycles. The quantitative estimate of drug-likeness (QED) is 0.334. The number of halogens is 1. The van der Waals surface area contributed by atoms with Crippen LogP contribution in [0.3, 0.4) is 0 Å². The van der Waals surface area contributed by atoms with E-state index in [4.69, 9.17) is 14.2 Å². The van der Waals surface area contributed by atoms with Gasteiger partial charge in [0.25, 0.3) is 0 Å². The second-order valence-corrected chi connectivity index (χ2v) is 8.94. The van der Waals surface area contributed by atoms with E-state index in [0.29, 0.717) is 33.3 Å². The van der Waals surface area contributed by atoms with Gasteiger partial charge < -0.3 is 19.5 Å². The highest BCUT2D eigenvalue weighted by Gasteiger charge is 2.40. The van der Waals surface area contributed by atoms with Gasteiger partial charge in [0.05, 0.1) is 12.4 Å². The summed E-state index contributed by atoms with van der Waals surface area (Å²) >= 11 is 2.09. The molecule has 4 rings (SSSR count). The molecule has 2 aromatic heterocycles. The summed E-state index contributed by atoms with van der Waals surface area (Å²) in [5.74, 6) is -0.0801. The van der Waals surface area contributed by atoms with Crippen molar-refractivity contribution in [2.24, 2.45) is 0 Å². The summed E-state index contributed by atoms with van der Waals surface area (Å²) < 4.78 is 19.0. The zero-order chi connectivity index (χ0) is 22.0. The number of fused-ring (bicyclic) bond motifs is 1. The number of imidazole rings is 1. The lowest BCUT2D eigenvalue weighted by molar-refractivity contribution is -0.152. The Morgan fingerprint density at radius 2 is 2.00 bits per heavy atom. The number of aromatic nitrogens is 4. The van der Waals surface area contributed by atoms with E-state index in [1.54, 1.807) is 10.9 Å². The van der Waals surface area contributed by atoms with Gasteiger partial charge in [0, 0.05) is 48.9 Å². The highest BCUT2D eigenvalue weighted by Crippen LogP contribution is 2.35. The molecule has 1 aliphatic heterocycles. The lowest BCUT2D eigenvalue weighted by Gasteiger charge is -2.23. The molecule has 1 saturated carbocycles. The van der Waals surface area contributed by atoms with E-state index in [1.165, 1.54) is 33.1 Å². The minimum absolute atomic E-state index is 0.0945. The van der Waals surface area contributed by atoms with Crippen molar-refractivity contribution in [3.8, 4) is 0 Å². The van der Waals surface area contributed by atoms with E-state index in [9.17, 15) is 9.59 Å². The Labute approximate surface area is 193 Å². The van der Waals surface area contributed by atoms with Crippen molar-refractivity contribution >= 4 is 51.5 Å². The van der Waals surface area contributed by atoms with Crippen LogP contribution in [0.1, 0.15) is 58.6 Å². The van der Waals surface area contributed by atoms with Gasteiger partial charge in [-0.15, -0.1) is 0 Å². The van der Waals surface area contributed by atoms with Gasteiger partial charge in [-0.05, 0) is 12.8 Å². The van der Waals surface area contributed by atoms with Crippen LogP contribution in [-0.2, 0) is 23.8 Å². The van der Waals surface area contributed by atoms with Gasteiger partial charge in [-0.2, -0.15) is 0 Å². The first-order chi connectivity index (χ1) is 14.9. The van der Waals surface area contributed by atoms with Crippen LogP contribution in [0.5, 0.6) is 0 Å². The maximum Gasteiger partial charge on any atom is 0.303 e. The number of carbonyl (C=O) groups is 2. The maximum absolute atomic E-state index is 11.7. The number of hydrogen-bond donors (Lipinski definition) is 1. The predicted octanol–water partition coefficient (Wildman–Crippen LogP) is 2.96. The second-order valence-electron chi connectivity index (χ2n) is 7.98. The van der Waals surface area contributed by atoms with Crippen molar-refractivity contribution in [2.45, 2.75) is 76.9 Å². The van der Waals surface area contributed by atoms with Gasteiger partial charge in [0.15, 0.2) is 27.0 Å². The molecule has 3 atom stereocenters. The average molecular weight is 543 g/mol. The lowest BCUT2D eigenvalue weighted by atomic mass is 9.95. The molecule has 0 bridgehead atoms. The third-order valence-electron chi connectivity index (χ3n) is 5.55. The van der Waals surface area contributed by atoms with Crippen LogP contribution < -0.4 is 5.32 Å². The largest absolute Gasteiger partial charge is 0.463 e. The number of nitrogens with zero attached hydrogens (tertiary/aromatic N) is 4. The van der Waals surface area contributed by atoms with E-state index in [0.717, 1.165) is 12.8 Å². The zero-order valence-corrected chi connectivity index (χ0v) is 19.7. The van der Waals surface area contributed by atoms with Gasteiger partial charge >= 0.3 is 11.9 Å². The average Bonchev–Trinajstić information content (AvgIpc) is 3.30. The minimum atomic E-state index is -0.623. The Hall–Kier alpha value is -2.02. The summed E-state index contributed by atoms with van der Waals surface area (Å²) in [6, 6.07) is 0.373. The highest BCUT2D eigenvalue weighted by molar-refractivity contribution is 14.1. The van der Waals surface area contributed by atoms with Crippen molar-refractivity contribution in [1.29, 1.82) is 0 Å². The smallest absolute Gasteiger partial charge is 0.303 e. The summed E-state index contributed by atoms with van der Waals surface area (Å²) in [6.07, 6.45) is 6.40. The minimum Gasteiger partial charge on any atom is -0.463 e. The van der Waals surface area contributed by atoms with Crippen LogP contribution >= 0.6 is 22.6 Å². The fourth-order valence-electron chi connectivity index (χ4n) is 4.21. The van der Waals surface area contributed by atoms with Crippen LogP contribution in [0.15, 0.2) is 6.33 Å². The summed E-state index contributed by atoms with van der Waals surface area (Å²) in [5, 5.41) is 3.54. The number of carbonyl (C=O) groups excluding carboxylic acids is 2. The fraction of sp³-hybridized carbons (Fsp3) is 0.650. The molecule has 0 radical (unpaired) electrons. The molecule has 0 spiro atoms. The van der Waals surface area contributed by atoms with Crippen molar-refractivity contribution in [2.75, 3.05) is 11.9 Å². The van der Waals surface area contributed by atoms with Crippen molar-refractivity contribution in [3.63, 3.8) is 0 Å². The van der Waals surface area contributed by atoms with E-state index >= 15 is 0 Å². The molecule has 1 saturated heterocycles. The topological polar surface area (TPSA) is 117 Å². The number of anilines is 1. The summed E-state index contributed by atoms with van der Waals surface area (Å²) in [6.45, 7) is 2.80. The predicted molar refractivity (Wildman–Crippen MR) is 119 cm³/mol. The molecule has 31 heavy (non-hydrogen) atoms. The Balaban J connectivity index is 1.62. The van der Waals surface area contributed by atoms with Gasteiger partial charge in [0.2, 0.25) is 0 Å². The summed E-state index contributed by atoms with van der Waals surface area (Å²) in [5.41, 5.74) is 1.26. The summed E-state index contributed by atoms with van der Waals surface area (Å²) in [7, 11) is 0. The Morgan fingerprint density at radius 1 is 1.23 bits per heavy atom. The first kappa shape index (κ1) is 22.2. The van der Waals surface area contributed by atoms with Crippen LogP contribution in [0.2, 0.25) is 0 Å². The molecule has 2 aliphatic rings. The third-order valence-corrected chi connectivity index (χ3v) is 6.03. The molecule has 10 nitrogen and oxygen atoms in total. The molecular formula is C20H26IN5O5. The van der Waals surface area contributed by atoms with E-state index in [2.05, 4.69) is 42.9 Å². The normalized spacial score (nSPS) is 24.3. The SMILES string of the molecule is CC(=O)OC[C@H]1C[C@@H](OC(C)=O)[C@H](n2cnc3c(NC4CCCCC4)nc(I)nc32)O1. The standard InChI is InChI=1S/C20H26IN5O5/c1-11(27)29-9-14-8-15(30-12(2)28)19(31-14)26-10-22-16-17(24-20(21)25-18(16)26)23-13-6-4-3-5-7-13/h10,13-15,19H,3-9H2,1-2H3,(H,23,24,25)/t14-,15-,19-/m1/s1. The molecule has 2 aromatic rings. The first-order valence-corrected chi connectivity index (χ1v) is 11.6. The molecular weight excluding hydrogens is 517 g/mol. The summed E-state index contributed by atoms with van der Waals surface area (Å²) in [4.78, 5) is 36.5. The van der Waals surface area contributed by atoms with Gasteiger partial charge in [-0.25, -0.2) is 15.0 Å². The van der Waals surface area contributed by atoms with Gasteiger partial charge in [0.1, 0.15) is 12.7 Å². The van der Waals surface area contributed by atoms with Crippen molar-refractivity contribution in [3.05, 3.63) is 10.2 Å². The number of esters is 2. The zero-order valence-electron chi connectivity index (χ0n) is 17.5. The molecule has 0 aromatic carbocycles. The molecule has 0 unspecified atom stereocenters.